The fourth-order valence-electron chi connectivity index (χ4n) is 4.43. The number of benzene rings is 2. The molecule has 2 aromatic carbocycles. The molecule has 10 nitrogen and oxygen atoms in total. The number of hydrogen-bond donors (Lipinski definition) is 2. The van der Waals surface area contributed by atoms with Crippen molar-refractivity contribution < 1.29 is 22.8 Å². The third-order valence-electron chi connectivity index (χ3n) is 5.97. The Bertz CT molecular complexity index is 1440. The quantitative estimate of drug-likeness (QED) is 0.524. The van der Waals surface area contributed by atoms with Gasteiger partial charge in [0.15, 0.2) is 11.5 Å². The molecule has 1 fully saturated rings. The zero-order chi connectivity index (χ0) is 26.3. The molecule has 14 heteroatoms. The van der Waals surface area contributed by atoms with Crippen molar-refractivity contribution in [3.05, 3.63) is 80.5 Å². The molecule has 3 heterocycles. The molecule has 0 spiro atoms. The smallest absolute Gasteiger partial charge is 0.327 e. The highest BCUT2D eigenvalue weighted by Crippen LogP contribution is 2.45. The molecule has 37 heavy (non-hydrogen) atoms. The number of halogens is 4. The van der Waals surface area contributed by atoms with E-state index in [4.69, 9.17) is 16.4 Å². The maximum absolute atomic E-state index is 13.4. The van der Waals surface area contributed by atoms with Gasteiger partial charge in [-0.25, -0.2) is 14.2 Å². The van der Waals surface area contributed by atoms with Crippen LogP contribution in [0.25, 0.3) is 5.69 Å². The lowest BCUT2D eigenvalue weighted by Gasteiger charge is -2.41. The fourth-order valence-corrected chi connectivity index (χ4v) is 4.66. The maximum atomic E-state index is 13.4. The van der Waals surface area contributed by atoms with Gasteiger partial charge >= 0.3 is 17.8 Å². The summed E-state index contributed by atoms with van der Waals surface area (Å²) in [6, 6.07) is 14.4. The lowest BCUT2D eigenvalue weighted by molar-refractivity contribution is -0.203. The molecule has 0 aliphatic carbocycles. The van der Waals surface area contributed by atoms with E-state index in [1.165, 1.54) is 17.0 Å². The lowest BCUT2D eigenvalue weighted by atomic mass is 10.2. The summed E-state index contributed by atoms with van der Waals surface area (Å²) in [4.78, 5) is 48.8. The van der Waals surface area contributed by atoms with Crippen LogP contribution in [0, 0.1) is 0 Å². The number of nitrogens with one attached hydrogen (secondary N) is 2. The summed E-state index contributed by atoms with van der Waals surface area (Å²) in [6.07, 6.45) is -6.61. The number of aromatic amines is 1. The summed E-state index contributed by atoms with van der Waals surface area (Å²) in [5.74, 6) is -2.85. The molecule has 2 aliphatic heterocycles. The van der Waals surface area contributed by atoms with Crippen LogP contribution < -0.4 is 26.5 Å². The van der Waals surface area contributed by atoms with Crippen LogP contribution in [0.1, 0.15) is 0 Å². The largest absolute Gasteiger partial charge is 0.493 e. The number of fused-ring (bicyclic) bond motifs is 1. The highest BCUT2D eigenvalue weighted by Gasteiger charge is 2.51. The number of aromatic nitrogens is 2. The van der Waals surface area contributed by atoms with E-state index in [2.05, 4.69) is 10.3 Å². The van der Waals surface area contributed by atoms with Crippen molar-refractivity contribution in [3.8, 4) is 5.69 Å². The third kappa shape index (κ3) is 4.45. The van der Waals surface area contributed by atoms with Crippen LogP contribution >= 0.6 is 11.6 Å². The van der Waals surface area contributed by atoms with Gasteiger partial charge in [0.25, 0.3) is 5.56 Å². The van der Waals surface area contributed by atoms with Gasteiger partial charge in [0.05, 0.1) is 16.4 Å². The molecule has 2 N–H and O–H groups in total. The average Bonchev–Trinajstić information content (AvgIpc) is 3.19. The molecule has 1 atom stereocenters. The summed E-state index contributed by atoms with van der Waals surface area (Å²) in [7, 11) is 0. The molecule has 0 amide bonds. The Kier molecular flexibility index (Phi) is 6.43. The van der Waals surface area contributed by atoms with Gasteiger partial charge in [-0.1, -0.05) is 41.9 Å². The number of carbonyl (C=O) groups is 1. The van der Waals surface area contributed by atoms with E-state index in [0.717, 1.165) is 4.57 Å². The summed E-state index contributed by atoms with van der Waals surface area (Å²) in [5.41, 5.74) is -1.53. The zero-order valence-corrected chi connectivity index (χ0v) is 19.8. The molecule has 1 unspecified atom stereocenters. The number of alkyl halides is 3. The Morgan fingerprint density at radius 2 is 1.65 bits per heavy atom. The minimum Gasteiger partial charge on any atom is -0.327 e. The Morgan fingerprint density at radius 1 is 1.00 bits per heavy atom. The number of hydroxylamine groups is 1. The Hall–Kier alpha value is -3.81. The number of rotatable bonds is 4. The van der Waals surface area contributed by atoms with E-state index in [-0.39, 0.29) is 27.9 Å². The van der Waals surface area contributed by atoms with E-state index in [1.54, 1.807) is 47.4 Å². The summed E-state index contributed by atoms with van der Waals surface area (Å²) in [6.45, 7) is 1.61. The van der Waals surface area contributed by atoms with Gasteiger partial charge in [0, 0.05) is 26.2 Å². The van der Waals surface area contributed by atoms with Crippen LogP contribution in [0.2, 0.25) is 5.02 Å². The lowest BCUT2D eigenvalue weighted by Crippen LogP contribution is -2.60. The topological polar surface area (TPSA) is 103 Å². The first-order chi connectivity index (χ1) is 17.7. The number of nitrogens with zero attached hydrogens (tertiary/aromatic N) is 4. The van der Waals surface area contributed by atoms with Crippen LogP contribution in [-0.2, 0) is 9.63 Å². The van der Waals surface area contributed by atoms with Crippen LogP contribution in [-0.4, -0.2) is 59.1 Å². The van der Waals surface area contributed by atoms with Crippen LogP contribution in [0.3, 0.4) is 0 Å². The predicted octanol–water partition coefficient (Wildman–Crippen LogP) is 2.35. The number of hydrogen-bond acceptors (Lipinski definition) is 8. The average molecular weight is 537 g/mol. The molecule has 3 aromatic rings. The minimum atomic E-state index is -5.34. The second kappa shape index (κ2) is 9.57. The molecule has 194 valence electrons. The second-order valence-electron chi connectivity index (χ2n) is 8.26. The number of carbonyl (C=O) groups excluding carboxylic acids is 1. The first-order valence-corrected chi connectivity index (χ1v) is 11.6. The van der Waals surface area contributed by atoms with E-state index in [1.807, 2.05) is 0 Å². The van der Waals surface area contributed by atoms with Crippen molar-refractivity contribution in [2.45, 2.75) is 12.5 Å². The zero-order valence-electron chi connectivity index (χ0n) is 19.0. The molecule has 1 saturated heterocycles. The SMILES string of the molecule is O=C(ON1c2c(c(=O)[nH]c(=O)n2-c2ccccc2)N(c2ccccc2Cl)C1N1CCNCC1)C(F)(F)F. The first kappa shape index (κ1) is 24.9. The Balaban J connectivity index is 1.83. The normalized spacial score (nSPS) is 18.1. The molecule has 5 rings (SSSR count). The highest BCUT2D eigenvalue weighted by molar-refractivity contribution is 6.33. The number of piperazine rings is 1. The Labute approximate surface area is 212 Å². The van der Waals surface area contributed by atoms with Crippen molar-refractivity contribution in [1.82, 2.24) is 19.8 Å². The van der Waals surface area contributed by atoms with Crippen molar-refractivity contribution in [3.63, 3.8) is 0 Å². The highest BCUT2D eigenvalue weighted by atomic mass is 35.5. The second-order valence-corrected chi connectivity index (χ2v) is 8.67. The van der Waals surface area contributed by atoms with Crippen molar-refractivity contribution in [2.24, 2.45) is 0 Å². The van der Waals surface area contributed by atoms with Gasteiger partial charge in [0.2, 0.25) is 6.29 Å². The van der Waals surface area contributed by atoms with Crippen molar-refractivity contribution in [2.75, 3.05) is 36.1 Å². The predicted molar refractivity (Wildman–Crippen MR) is 129 cm³/mol. The molecule has 0 bridgehead atoms. The molecule has 0 radical (unpaired) electrons. The number of anilines is 3. The van der Waals surface area contributed by atoms with E-state index in [0.29, 0.717) is 31.2 Å². The molecule has 0 saturated carbocycles. The monoisotopic (exact) mass is 536 g/mol. The van der Waals surface area contributed by atoms with Gasteiger partial charge in [-0.15, -0.1) is 5.06 Å². The molecular formula is C23H20ClF3N6O4. The fraction of sp³-hybridized carbons (Fsp3) is 0.261. The van der Waals surface area contributed by atoms with Crippen LogP contribution in [0.15, 0.2) is 64.2 Å². The standard InChI is InChI=1S/C23H20ClF3N6O4/c24-15-8-4-5-9-16(15)32-17-18(34)29-21(36)31(14-6-2-1-3-7-14)19(17)33(37-20(35)23(25,26)27)22(32)30-12-10-28-11-13-30/h1-9,22,28H,10-13H2,(H,29,34,36). The minimum absolute atomic E-state index is 0.189. The maximum Gasteiger partial charge on any atom is 0.493 e. The van der Waals surface area contributed by atoms with Crippen LogP contribution in [0.4, 0.5) is 30.4 Å². The van der Waals surface area contributed by atoms with Crippen LogP contribution in [0.5, 0.6) is 0 Å². The molecular weight excluding hydrogens is 517 g/mol. The van der Waals surface area contributed by atoms with Gasteiger partial charge < -0.3 is 10.2 Å². The van der Waals surface area contributed by atoms with Gasteiger partial charge in [0.1, 0.15) is 0 Å². The van der Waals surface area contributed by atoms with E-state index < -0.39 is 29.7 Å². The molecule has 2 aliphatic rings. The van der Waals surface area contributed by atoms with Crippen molar-refractivity contribution in [1.29, 1.82) is 0 Å². The summed E-state index contributed by atoms with van der Waals surface area (Å²) < 4.78 is 41.2. The first-order valence-electron chi connectivity index (χ1n) is 11.2. The van der Waals surface area contributed by atoms with Gasteiger partial charge in [-0.05, 0) is 24.3 Å². The summed E-state index contributed by atoms with van der Waals surface area (Å²) in [5, 5.41) is 4.01. The summed E-state index contributed by atoms with van der Waals surface area (Å²) >= 11 is 6.48. The van der Waals surface area contributed by atoms with E-state index in [9.17, 15) is 27.6 Å². The molecule has 1 aromatic heterocycles. The van der Waals surface area contributed by atoms with E-state index >= 15 is 0 Å². The Morgan fingerprint density at radius 3 is 2.30 bits per heavy atom. The number of H-pyrrole nitrogens is 1. The van der Waals surface area contributed by atoms with Crippen molar-refractivity contribution >= 4 is 34.8 Å². The third-order valence-corrected chi connectivity index (χ3v) is 6.29. The van der Waals surface area contributed by atoms with Gasteiger partial charge in [-0.3, -0.25) is 19.6 Å². The van der Waals surface area contributed by atoms with Gasteiger partial charge in [-0.2, -0.15) is 13.2 Å². The number of para-hydroxylation sites is 2.